The average Bonchev–Trinajstić information content (AvgIpc) is 3.08. The van der Waals surface area contributed by atoms with E-state index in [1.807, 2.05) is 41.5 Å². The van der Waals surface area contributed by atoms with Crippen LogP contribution < -0.4 is 14.2 Å². The van der Waals surface area contributed by atoms with Gasteiger partial charge in [0.25, 0.3) is 0 Å². The molecule has 0 aromatic heterocycles. The zero-order valence-corrected chi connectivity index (χ0v) is 31.2. The summed E-state index contributed by atoms with van der Waals surface area (Å²) < 4.78 is 78.0. The van der Waals surface area contributed by atoms with E-state index in [4.69, 9.17) is 28.4 Å². The highest BCUT2D eigenvalue weighted by Crippen LogP contribution is 2.29. The van der Waals surface area contributed by atoms with Crippen molar-refractivity contribution in [3.05, 3.63) is 88.7 Å². The van der Waals surface area contributed by atoms with Gasteiger partial charge < -0.3 is 28.4 Å². The summed E-state index contributed by atoms with van der Waals surface area (Å²) in [5, 5.41) is 0.173. The predicted octanol–water partition coefficient (Wildman–Crippen LogP) is 8.46. The lowest BCUT2D eigenvalue weighted by atomic mass is 9.94. The lowest BCUT2D eigenvalue weighted by Gasteiger charge is -2.31. The van der Waals surface area contributed by atoms with E-state index in [-0.39, 0.29) is 96.7 Å². The summed E-state index contributed by atoms with van der Waals surface area (Å²) in [5.74, 6) is -4.47. The third-order valence-corrected chi connectivity index (χ3v) is 8.23. The quantitative estimate of drug-likeness (QED) is 0.0673. The van der Waals surface area contributed by atoms with Crippen LogP contribution in [0, 0.1) is 40.6 Å². The fourth-order valence-corrected chi connectivity index (χ4v) is 4.65. The molecule has 0 aliphatic heterocycles. The minimum Gasteiger partial charge on any atom is -0.493 e. The number of alkyl halides is 1. The topological polar surface area (TPSA) is 107 Å². The van der Waals surface area contributed by atoms with Gasteiger partial charge in [0.2, 0.25) is 0 Å². The molecule has 0 saturated heterocycles. The van der Waals surface area contributed by atoms with Crippen LogP contribution in [0.1, 0.15) is 72.6 Å². The Hall–Kier alpha value is -4.26. The number of hydrogen-bond donors (Lipinski definition) is 0. The van der Waals surface area contributed by atoms with Crippen molar-refractivity contribution in [1.29, 1.82) is 0 Å². The number of benzene rings is 3. The van der Waals surface area contributed by atoms with Gasteiger partial charge in [-0.2, -0.15) is 0 Å². The first-order valence-corrected chi connectivity index (χ1v) is 17.6. The van der Waals surface area contributed by atoms with Crippen molar-refractivity contribution in [2.45, 2.75) is 41.5 Å². The zero-order valence-electron chi connectivity index (χ0n) is 29.6. The number of esters is 3. The standard InChI is InChI=1S/C38H44BrF3O9/c1-23(2)16-46-35(43)29-10-7-26(13-32(29)40)49-20-38(19-39,21-50-27-8-11-30(33(41)14-27)36(44)47-17-24(3)4)22-51-28-9-12-31(34(42)15-28)37(45)48-18-25(5)6/h7-15,23-25H,16-22H2,1-6H3. The van der Waals surface area contributed by atoms with Crippen LogP contribution >= 0.6 is 15.9 Å². The smallest absolute Gasteiger partial charge is 0.341 e. The van der Waals surface area contributed by atoms with Gasteiger partial charge in [0.1, 0.15) is 54.5 Å². The Kier molecular flexibility index (Phi) is 15.6. The second kappa shape index (κ2) is 19.4. The average molecular weight is 782 g/mol. The van der Waals surface area contributed by atoms with Gasteiger partial charge in [-0.1, -0.05) is 57.5 Å². The van der Waals surface area contributed by atoms with Crippen molar-refractivity contribution in [1.82, 2.24) is 0 Å². The largest absolute Gasteiger partial charge is 0.493 e. The van der Waals surface area contributed by atoms with E-state index < -0.39 is 40.8 Å². The molecule has 0 spiro atoms. The summed E-state index contributed by atoms with van der Waals surface area (Å²) in [6.07, 6.45) is 0. The molecule has 0 bridgehead atoms. The first kappa shape index (κ1) is 41.2. The maximum Gasteiger partial charge on any atom is 0.341 e. The summed E-state index contributed by atoms with van der Waals surface area (Å²) in [4.78, 5) is 37.0. The van der Waals surface area contributed by atoms with Gasteiger partial charge in [0, 0.05) is 23.5 Å². The van der Waals surface area contributed by atoms with E-state index in [9.17, 15) is 27.6 Å². The van der Waals surface area contributed by atoms with Crippen molar-refractivity contribution >= 4 is 33.8 Å². The van der Waals surface area contributed by atoms with Crippen molar-refractivity contribution in [2.75, 3.05) is 45.0 Å². The Bertz CT molecular complexity index is 1460. The van der Waals surface area contributed by atoms with E-state index in [1.54, 1.807) is 0 Å². The molecule has 3 aromatic carbocycles. The van der Waals surface area contributed by atoms with Gasteiger partial charge in [0.15, 0.2) is 0 Å². The number of ether oxygens (including phenoxy) is 6. The molecule has 0 radical (unpaired) electrons. The number of carbonyl (C=O) groups excluding carboxylic acids is 3. The Morgan fingerprint density at radius 2 is 0.824 bits per heavy atom. The molecule has 0 amide bonds. The molecule has 0 N–H and O–H groups in total. The Morgan fingerprint density at radius 3 is 1.04 bits per heavy atom. The molecule has 0 saturated carbocycles. The minimum absolute atomic E-state index is 0.0720. The Balaban J connectivity index is 1.81. The maximum atomic E-state index is 14.9. The fourth-order valence-electron chi connectivity index (χ4n) is 4.16. The van der Waals surface area contributed by atoms with Gasteiger partial charge in [-0.15, -0.1) is 0 Å². The fraction of sp³-hybridized carbons (Fsp3) is 0.447. The van der Waals surface area contributed by atoms with Crippen LogP contribution in [-0.2, 0) is 14.2 Å². The van der Waals surface area contributed by atoms with Gasteiger partial charge >= 0.3 is 17.9 Å². The summed E-state index contributed by atoms with van der Waals surface area (Å²) in [7, 11) is 0. The molecule has 51 heavy (non-hydrogen) atoms. The van der Waals surface area contributed by atoms with Crippen LogP contribution in [0.25, 0.3) is 0 Å². The molecule has 3 aromatic rings. The number of carbonyl (C=O) groups is 3. The van der Waals surface area contributed by atoms with Gasteiger partial charge in [-0.05, 0) is 54.2 Å². The second-order valence-corrected chi connectivity index (χ2v) is 14.0. The van der Waals surface area contributed by atoms with Crippen LogP contribution in [0.15, 0.2) is 54.6 Å². The first-order chi connectivity index (χ1) is 24.1. The molecule has 0 fully saturated rings. The highest BCUT2D eigenvalue weighted by atomic mass is 79.9. The molecule has 0 aliphatic carbocycles. The van der Waals surface area contributed by atoms with Crippen molar-refractivity contribution in [2.24, 2.45) is 23.2 Å². The molecule has 278 valence electrons. The van der Waals surface area contributed by atoms with Crippen LogP contribution in [0.3, 0.4) is 0 Å². The molecule has 9 nitrogen and oxygen atoms in total. The third kappa shape index (κ3) is 12.8. The normalized spacial score (nSPS) is 11.5. The zero-order chi connectivity index (χ0) is 37.7. The van der Waals surface area contributed by atoms with Crippen LogP contribution in [-0.4, -0.2) is 62.9 Å². The van der Waals surface area contributed by atoms with Crippen molar-refractivity contribution in [3.8, 4) is 17.2 Å². The van der Waals surface area contributed by atoms with E-state index in [1.165, 1.54) is 36.4 Å². The van der Waals surface area contributed by atoms with E-state index >= 15 is 0 Å². The number of hydrogen-bond acceptors (Lipinski definition) is 9. The lowest BCUT2D eigenvalue weighted by molar-refractivity contribution is 0.0445. The number of rotatable bonds is 19. The highest BCUT2D eigenvalue weighted by Gasteiger charge is 2.34. The molecule has 0 heterocycles. The third-order valence-electron chi connectivity index (χ3n) is 7.04. The van der Waals surface area contributed by atoms with Crippen LogP contribution in [0.2, 0.25) is 0 Å². The van der Waals surface area contributed by atoms with Crippen LogP contribution in [0.5, 0.6) is 17.2 Å². The molecule has 0 unspecified atom stereocenters. The van der Waals surface area contributed by atoms with E-state index in [2.05, 4.69) is 15.9 Å². The summed E-state index contributed by atoms with van der Waals surface area (Å²) in [6, 6.07) is 11.1. The summed E-state index contributed by atoms with van der Waals surface area (Å²) in [6.45, 7) is 11.1. The van der Waals surface area contributed by atoms with Crippen molar-refractivity contribution in [3.63, 3.8) is 0 Å². The van der Waals surface area contributed by atoms with Gasteiger partial charge in [-0.25, -0.2) is 27.6 Å². The number of halogens is 4. The molecule has 0 aliphatic rings. The van der Waals surface area contributed by atoms with Crippen LogP contribution in [0.4, 0.5) is 13.2 Å². The monoisotopic (exact) mass is 780 g/mol. The van der Waals surface area contributed by atoms with E-state index in [0.717, 1.165) is 18.2 Å². The second-order valence-electron chi connectivity index (χ2n) is 13.4. The summed E-state index contributed by atoms with van der Waals surface area (Å²) >= 11 is 3.47. The molecular formula is C38H44BrF3O9. The lowest BCUT2D eigenvalue weighted by Crippen LogP contribution is -2.42. The first-order valence-electron chi connectivity index (χ1n) is 16.5. The molecule has 3 rings (SSSR count). The molecular weight excluding hydrogens is 737 g/mol. The van der Waals surface area contributed by atoms with Crippen molar-refractivity contribution < 1.29 is 56.0 Å². The van der Waals surface area contributed by atoms with Gasteiger partial charge in [0.05, 0.1) is 41.9 Å². The maximum absolute atomic E-state index is 14.9. The summed E-state index contributed by atoms with van der Waals surface area (Å²) in [5.41, 5.74) is -1.82. The predicted molar refractivity (Wildman–Crippen MR) is 187 cm³/mol. The SMILES string of the molecule is CC(C)COC(=O)c1ccc(OCC(CBr)(COc2ccc(C(=O)OCC(C)C)c(F)c2)COc2ccc(C(=O)OCC(C)C)c(F)c2)cc1F. The Morgan fingerprint density at radius 1 is 0.549 bits per heavy atom. The van der Waals surface area contributed by atoms with Gasteiger partial charge in [-0.3, -0.25) is 0 Å². The molecule has 13 heteroatoms. The minimum atomic E-state index is -1.07. The Labute approximate surface area is 304 Å². The van der Waals surface area contributed by atoms with E-state index in [0.29, 0.717) is 0 Å². The highest BCUT2D eigenvalue weighted by molar-refractivity contribution is 9.09. The molecule has 0 atom stereocenters.